The number of phenols is 2. The molecule has 0 aliphatic carbocycles. The number of aromatic hydroxyl groups is 2. The largest absolute Gasteiger partial charge is 0.505 e. The van der Waals surface area contributed by atoms with Crippen LogP contribution in [0.4, 0.5) is 4.79 Å². The molecular weight excluding hydrogens is 769 g/mol. The van der Waals surface area contributed by atoms with Crippen LogP contribution in [0.5, 0.6) is 11.5 Å². The van der Waals surface area contributed by atoms with E-state index in [0.717, 1.165) is 33.2 Å². The second-order valence-electron chi connectivity index (χ2n) is 16.1. The molecule has 6 aromatic rings. The van der Waals surface area contributed by atoms with Gasteiger partial charge >= 0.3 is 12.0 Å². The molecular formula is C43H50N10O7. The molecule has 0 unspecified atom stereocenters. The number of aromatic nitrogens is 6. The summed E-state index contributed by atoms with van der Waals surface area (Å²) in [4.78, 5) is 54.8. The smallest absolute Gasteiger partial charge is 0.328 e. The SMILES string of the molecule is CC(C)(C)N=C=O.COC(=O)CNCc1cc(C)cc(-n2nc3ccccc3n2)c1O.Cc1cc(CN2CC(=O)N(C(C)(C)C)C2=O)c(O)c(-n2nc3ccccc3n2)c1. The van der Waals surface area contributed by atoms with Crippen molar-refractivity contribution in [2.45, 2.75) is 79.6 Å². The van der Waals surface area contributed by atoms with Crippen molar-refractivity contribution in [3.8, 4) is 22.9 Å². The van der Waals surface area contributed by atoms with Gasteiger partial charge in [0.25, 0.3) is 5.91 Å². The van der Waals surface area contributed by atoms with Crippen molar-refractivity contribution >= 4 is 46.1 Å². The highest BCUT2D eigenvalue weighted by Gasteiger charge is 2.42. The van der Waals surface area contributed by atoms with Gasteiger partial charge in [0.2, 0.25) is 6.08 Å². The van der Waals surface area contributed by atoms with E-state index in [1.807, 2.05) is 116 Å². The average molecular weight is 819 g/mol. The van der Waals surface area contributed by atoms with Gasteiger partial charge in [0.05, 0.1) is 25.7 Å². The van der Waals surface area contributed by atoms with E-state index in [1.165, 1.54) is 32.6 Å². The first-order valence-electron chi connectivity index (χ1n) is 19.1. The average Bonchev–Trinajstić information content (AvgIpc) is 3.88. The van der Waals surface area contributed by atoms with Crippen LogP contribution in [0.3, 0.4) is 0 Å². The highest BCUT2D eigenvalue weighted by molar-refractivity contribution is 6.02. The second kappa shape index (κ2) is 18.3. The first-order valence-corrected chi connectivity index (χ1v) is 19.1. The molecule has 0 atom stereocenters. The minimum absolute atomic E-state index is 0.00892. The van der Waals surface area contributed by atoms with Gasteiger partial charge in [-0.05, 0) is 103 Å². The number of fused-ring (bicyclic) bond motifs is 2. The maximum atomic E-state index is 12.8. The van der Waals surface area contributed by atoms with Crippen LogP contribution in [0.2, 0.25) is 0 Å². The molecule has 1 saturated heterocycles. The minimum Gasteiger partial charge on any atom is -0.505 e. The summed E-state index contributed by atoms with van der Waals surface area (Å²) in [5, 5.41) is 42.1. The number of imide groups is 1. The lowest BCUT2D eigenvalue weighted by molar-refractivity contribution is -0.139. The highest BCUT2D eigenvalue weighted by atomic mass is 16.5. The molecule has 1 fully saturated rings. The summed E-state index contributed by atoms with van der Waals surface area (Å²) in [7, 11) is 1.33. The molecule has 0 saturated carbocycles. The Balaban J connectivity index is 0.000000199. The quantitative estimate of drug-likeness (QED) is 0.0719. The molecule has 1 aliphatic heterocycles. The van der Waals surface area contributed by atoms with Crippen LogP contribution in [-0.2, 0) is 32.2 Å². The van der Waals surface area contributed by atoms with E-state index in [2.05, 4.69) is 35.4 Å². The van der Waals surface area contributed by atoms with Crippen molar-refractivity contribution < 1.29 is 34.1 Å². The van der Waals surface area contributed by atoms with Gasteiger partial charge in [-0.3, -0.25) is 14.5 Å². The van der Waals surface area contributed by atoms with Crippen LogP contribution in [0, 0.1) is 13.8 Å². The maximum Gasteiger partial charge on any atom is 0.328 e. The number of rotatable bonds is 8. The van der Waals surface area contributed by atoms with Crippen LogP contribution in [0.15, 0.2) is 77.8 Å². The number of benzene rings is 4. The summed E-state index contributed by atoms with van der Waals surface area (Å²) >= 11 is 0. The number of hydrogen-bond donors (Lipinski definition) is 3. The number of aliphatic imine (C=N–C) groups is 1. The van der Waals surface area contributed by atoms with Gasteiger partial charge in [-0.25, -0.2) is 14.6 Å². The third-order valence-electron chi connectivity index (χ3n) is 8.89. The number of ether oxygens (including phenoxy) is 1. The summed E-state index contributed by atoms with van der Waals surface area (Å²) in [5.74, 6) is -0.527. The monoisotopic (exact) mass is 818 g/mol. The lowest BCUT2D eigenvalue weighted by Gasteiger charge is -2.29. The number of isocyanates is 1. The van der Waals surface area contributed by atoms with Crippen molar-refractivity contribution in [3.63, 3.8) is 0 Å². The lowest BCUT2D eigenvalue weighted by atomic mass is 10.1. The molecule has 314 valence electrons. The molecule has 7 rings (SSSR count). The Kier molecular flexibility index (Phi) is 13.5. The molecule has 3 heterocycles. The van der Waals surface area contributed by atoms with Gasteiger partial charge < -0.3 is 25.2 Å². The predicted octanol–water partition coefficient (Wildman–Crippen LogP) is 5.82. The molecule has 1 aliphatic rings. The highest BCUT2D eigenvalue weighted by Crippen LogP contribution is 2.32. The van der Waals surface area contributed by atoms with Gasteiger partial charge in [0, 0.05) is 23.2 Å². The summed E-state index contributed by atoms with van der Waals surface area (Å²) in [5.41, 5.74) is 6.08. The van der Waals surface area contributed by atoms with E-state index >= 15 is 0 Å². The van der Waals surface area contributed by atoms with Gasteiger partial charge in [0.1, 0.15) is 51.5 Å². The number of aryl methyl sites for hydroxylation is 2. The summed E-state index contributed by atoms with van der Waals surface area (Å²) in [6.45, 7) is 15.3. The normalized spacial score (nSPS) is 12.8. The molecule has 2 aromatic heterocycles. The van der Waals surface area contributed by atoms with E-state index in [0.29, 0.717) is 29.0 Å². The number of amides is 3. The van der Waals surface area contributed by atoms with Gasteiger partial charge in [-0.15, -0.1) is 30.0 Å². The third-order valence-corrected chi connectivity index (χ3v) is 8.89. The topological polar surface area (TPSA) is 210 Å². The van der Waals surface area contributed by atoms with Crippen molar-refractivity contribution in [2.75, 3.05) is 20.2 Å². The Labute approximate surface area is 347 Å². The van der Waals surface area contributed by atoms with Crippen molar-refractivity contribution in [1.29, 1.82) is 0 Å². The summed E-state index contributed by atoms with van der Waals surface area (Å²) in [6.07, 6.45) is 1.48. The molecule has 17 nitrogen and oxygen atoms in total. The Morgan fingerprint density at radius 1 is 0.783 bits per heavy atom. The zero-order chi connectivity index (χ0) is 43.9. The first-order chi connectivity index (χ1) is 28.3. The number of urea groups is 1. The predicted molar refractivity (Wildman–Crippen MR) is 225 cm³/mol. The Morgan fingerprint density at radius 2 is 1.23 bits per heavy atom. The van der Waals surface area contributed by atoms with Crippen molar-refractivity contribution in [2.24, 2.45) is 4.99 Å². The van der Waals surface area contributed by atoms with Crippen LogP contribution in [-0.4, -0.2) is 105 Å². The van der Waals surface area contributed by atoms with Gasteiger partial charge in [-0.1, -0.05) is 36.4 Å². The minimum atomic E-state index is -0.595. The lowest BCUT2D eigenvalue weighted by Crippen LogP contribution is -2.46. The van der Waals surface area contributed by atoms with E-state index in [1.54, 1.807) is 12.1 Å². The number of phenolic OH excluding ortho intramolecular Hbond substituents is 2. The van der Waals surface area contributed by atoms with E-state index in [-0.39, 0.29) is 54.6 Å². The molecule has 60 heavy (non-hydrogen) atoms. The van der Waals surface area contributed by atoms with E-state index in [9.17, 15) is 29.4 Å². The number of carbonyl (C=O) groups excluding carboxylic acids is 4. The number of carbonyl (C=O) groups is 3. The van der Waals surface area contributed by atoms with Gasteiger partial charge in [0.15, 0.2) is 0 Å². The second-order valence-corrected chi connectivity index (χ2v) is 16.1. The molecule has 3 amide bonds. The number of nitrogens with zero attached hydrogens (tertiary/aromatic N) is 9. The van der Waals surface area contributed by atoms with E-state index in [4.69, 9.17) is 0 Å². The van der Waals surface area contributed by atoms with E-state index < -0.39 is 5.54 Å². The first kappa shape index (κ1) is 44.1. The molecule has 0 bridgehead atoms. The zero-order valence-corrected chi connectivity index (χ0v) is 35.2. The zero-order valence-electron chi connectivity index (χ0n) is 35.2. The summed E-state index contributed by atoms with van der Waals surface area (Å²) in [6, 6.07) is 21.9. The summed E-state index contributed by atoms with van der Waals surface area (Å²) < 4.78 is 4.58. The Hall–Kier alpha value is -6.97. The van der Waals surface area contributed by atoms with Crippen molar-refractivity contribution in [1.82, 2.24) is 45.1 Å². The number of nitrogens with one attached hydrogen (secondary N) is 1. The molecule has 4 aromatic carbocycles. The van der Waals surface area contributed by atoms with Gasteiger partial charge in [-0.2, -0.15) is 0 Å². The molecule has 3 N–H and O–H groups in total. The maximum absolute atomic E-state index is 12.8. The number of esters is 1. The number of hydrogen-bond acceptors (Lipinski definition) is 13. The van der Waals surface area contributed by atoms with Crippen LogP contribution in [0.25, 0.3) is 33.4 Å². The Morgan fingerprint density at radius 3 is 1.62 bits per heavy atom. The van der Waals surface area contributed by atoms with Crippen LogP contribution >= 0.6 is 0 Å². The van der Waals surface area contributed by atoms with Crippen LogP contribution in [0.1, 0.15) is 63.8 Å². The molecule has 17 heteroatoms. The molecule has 0 radical (unpaired) electrons. The number of methoxy groups -OCH3 is 1. The standard InChI is InChI=1S/C21H23N5O3.C17H18N4O3.C5H9NO/c1-13-9-14(11-24-12-18(27)25(20(24)29)21(2,3)4)19(28)17(10-13)26-22-15-7-5-6-8-16(15)23-26;1-11-7-12(9-18-10-16(22)24-2)17(23)15(8-11)21-19-13-5-3-4-6-14(13)20-21;1-5(2,3)6-4-7/h5-10,28H,11-12H2,1-4H3;3-8,18,23H,9-10H2,1-2H3;1-3H3. The fourth-order valence-corrected chi connectivity index (χ4v) is 6.21. The fourth-order valence-electron chi connectivity index (χ4n) is 6.21. The Bertz CT molecular complexity index is 2510. The van der Waals surface area contributed by atoms with Crippen molar-refractivity contribution in [3.05, 3.63) is 95.1 Å². The fraction of sp³-hybridized carbons (Fsp3) is 0.349. The molecule has 0 spiro atoms. The third kappa shape index (κ3) is 10.7. The van der Waals surface area contributed by atoms with Crippen LogP contribution < -0.4 is 5.32 Å².